The number of carboxylic acid groups (broad SMARTS) is 1. The SMILES string of the molecule is CC(C)N1CCC(N)CC1.O=C(Cn1c(C(=O)O)nc2c(C(=O)N3CCOCC3)cccc21)Nc1ccc(Cl)cn1. The number of piperidine rings is 1. The Hall–Kier alpha value is -3.58. The van der Waals surface area contributed by atoms with E-state index in [1.165, 1.54) is 42.8 Å². The standard InChI is InChI=1S/C20H18ClN5O5.C8H18N2/c21-12-4-5-15(22-10-12)23-16(27)11-26-14-3-1-2-13(17(14)24-18(26)20(29)30)19(28)25-6-8-31-9-7-25;1-7(2)10-5-3-8(9)4-6-10/h1-5,10H,6-9,11H2,(H,29,30)(H,22,23,27);7-8H,3-6,9H2,1-2H3. The number of rotatable bonds is 6. The number of fused-ring (bicyclic) bond motifs is 1. The number of morpholine rings is 1. The zero-order chi connectivity index (χ0) is 29.5. The Balaban J connectivity index is 0.000000328. The van der Waals surface area contributed by atoms with Gasteiger partial charge in [0.1, 0.15) is 17.9 Å². The fourth-order valence-electron chi connectivity index (χ4n) is 4.79. The molecule has 2 saturated heterocycles. The Bertz CT molecular complexity index is 1360. The quantitative estimate of drug-likeness (QED) is 0.396. The maximum absolute atomic E-state index is 13.0. The Morgan fingerprint density at radius 1 is 1.12 bits per heavy atom. The van der Waals surface area contributed by atoms with E-state index < -0.39 is 11.9 Å². The van der Waals surface area contributed by atoms with Gasteiger partial charge in [-0.1, -0.05) is 17.7 Å². The lowest BCUT2D eigenvalue weighted by Gasteiger charge is -2.32. The summed E-state index contributed by atoms with van der Waals surface area (Å²) in [5.41, 5.74) is 6.65. The third-order valence-corrected chi connectivity index (χ3v) is 7.32. The molecule has 1 aromatic carbocycles. The Labute approximate surface area is 243 Å². The molecule has 0 aliphatic carbocycles. The van der Waals surface area contributed by atoms with Crippen molar-refractivity contribution in [2.24, 2.45) is 5.73 Å². The molecule has 0 atom stereocenters. The highest BCUT2D eigenvalue weighted by Crippen LogP contribution is 2.23. The van der Waals surface area contributed by atoms with Gasteiger partial charge in [-0.3, -0.25) is 9.59 Å². The number of nitrogens with one attached hydrogen (secondary N) is 1. The number of anilines is 1. The number of aromatic carboxylic acids is 1. The van der Waals surface area contributed by atoms with Gasteiger partial charge in [-0.25, -0.2) is 14.8 Å². The number of imidazole rings is 1. The molecule has 12 nitrogen and oxygen atoms in total. The number of para-hydroxylation sites is 1. The topological polar surface area (TPSA) is 156 Å². The highest BCUT2D eigenvalue weighted by atomic mass is 35.5. The smallest absolute Gasteiger partial charge is 0.372 e. The predicted octanol–water partition coefficient (Wildman–Crippen LogP) is 2.71. The summed E-state index contributed by atoms with van der Waals surface area (Å²) >= 11 is 5.79. The molecule has 2 fully saturated rings. The summed E-state index contributed by atoms with van der Waals surface area (Å²) in [5.74, 6) is -2.12. The van der Waals surface area contributed by atoms with Crippen molar-refractivity contribution in [2.75, 3.05) is 44.7 Å². The van der Waals surface area contributed by atoms with Crippen molar-refractivity contribution in [3.05, 3.63) is 52.9 Å². The van der Waals surface area contributed by atoms with Gasteiger partial charge in [0.15, 0.2) is 0 Å². The number of hydrogen-bond donors (Lipinski definition) is 3. The third-order valence-electron chi connectivity index (χ3n) is 7.10. The number of aromatic nitrogens is 3. The van der Waals surface area contributed by atoms with Crippen LogP contribution < -0.4 is 11.1 Å². The minimum Gasteiger partial charge on any atom is -0.475 e. The molecular weight excluding hydrogens is 550 g/mol. The van der Waals surface area contributed by atoms with Crippen LogP contribution in [0, 0.1) is 0 Å². The van der Waals surface area contributed by atoms with Gasteiger partial charge in [-0.15, -0.1) is 0 Å². The summed E-state index contributed by atoms with van der Waals surface area (Å²) in [6.07, 6.45) is 3.74. The molecular formula is C28H36ClN7O5. The molecule has 4 N–H and O–H groups in total. The van der Waals surface area contributed by atoms with Crippen molar-refractivity contribution in [3.8, 4) is 0 Å². The minimum atomic E-state index is -1.31. The maximum Gasteiger partial charge on any atom is 0.372 e. The number of likely N-dealkylation sites (tertiary alicyclic amines) is 1. The van der Waals surface area contributed by atoms with Crippen LogP contribution in [0.3, 0.4) is 0 Å². The zero-order valence-electron chi connectivity index (χ0n) is 23.3. The molecule has 5 rings (SSSR count). The average Bonchev–Trinajstić information content (AvgIpc) is 3.33. The van der Waals surface area contributed by atoms with Gasteiger partial charge in [-0.05, 0) is 64.0 Å². The number of nitrogens with zero attached hydrogens (tertiary/aromatic N) is 5. The number of carbonyl (C=O) groups excluding carboxylic acids is 2. The average molecular weight is 586 g/mol. The van der Waals surface area contributed by atoms with Crippen LogP contribution in [0.5, 0.6) is 0 Å². The van der Waals surface area contributed by atoms with Crippen molar-refractivity contribution < 1.29 is 24.2 Å². The lowest BCUT2D eigenvalue weighted by Crippen LogP contribution is -2.42. The lowest BCUT2D eigenvalue weighted by molar-refractivity contribution is -0.116. The molecule has 0 unspecified atom stereocenters. The first kappa shape index (κ1) is 30.4. The van der Waals surface area contributed by atoms with Crippen LogP contribution in [0.4, 0.5) is 5.82 Å². The van der Waals surface area contributed by atoms with Crippen molar-refractivity contribution in [1.29, 1.82) is 0 Å². The maximum atomic E-state index is 13.0. The second-order valence-electron chi connectivity index (χ2n) is 10.3. The molecule has 2 aliphatic heterocycles. The molecule has 220 valence electrons. The fraction of sp³-hybridized carbons (Fsp3) is 0.464. The highest BCUT2D eigenvalue weighted by Gasteiger charge is 2.26. The molecule has 0 radical (unpaired) electrons. The van der Waals surface area contributed by atoms with E-state index in [4.69, 9.17) is 22.1 Å². The Morgan fingerprint density at radius 2 is 1.83 bits per heavy atom. The largest absolute Gasteiger partial charge is 0.475 e. The van der Waals surface area contributed by atoms with Crippen LogP contribution in [0.25, 0.3) is 11.0 Å². The third kappa shape index (κ3) is 7.79. The summed E-state index contributed by atoms with van der Waals surface area (Å²) in [4.78, 5) is 49.6. The second-order valence-corrected chi connectivity index (χ2v) is 10.7. The van der Waals surface area contributed by atoms with E-state index in [1.54, 1.807) is 29.2 Å². The molecule has 41 heavy (non-hydrogen) atoms. The number of ether oxygens (including phenoxy) is 1. The monoisotopic (exact) mass is 585 g/mol. The van der Waals surface area contributed by atoms with Crippen LogP contribution in [-0.4, -0.2) is 98.7 Å². The molecule has 2 amide bonds. The number of hydrogen-bond acceptors (Lipinski definition) is 8. The van der Waals surface area contributed by atoms with Crippen molar-refractivity contribution in [1.82, 2.24) is 24.3 Å². The number of nitrogens with two attached hydrogens (primary N) is 1. The summed E-state index contributed by atoms with van der Waals surface area (Å²) in [7, 11) is 0. The molecule has 4 heterocycles. The molecule has 13 heteroatoms. The Morgan fingerprint density at radius 3 is 2.44 bits per heavy atom. The lowest BCUT2D eigenvalue weighted by atomic mass is 10.1. The first-order valence-corrected chi connectivity index (χ1v) is 14.0. The van der Waals surface area contributed by atoms with E-state index in [9.17, 15) is 19.5 Å². The zero-order valence-corrected chi connectivity index (χ0v) is 24.0. The van der Waals surface area contributed by atoms with E-state index in [1.807, 2.05) is 0 Å². The molecule has 0 saturated carbocycles. The fourth-order valence-corrected chi connectivity index (χ4v) is 4.90. The van der Waals surface area contributed by atoms with E-state index in [0.717, 1.165) is 0 Å². The summed E-state index contributed by atoms with van der Waals surface area (Å²) in [6, 6.07) is 9.13. The molecule has 2 aliphatic rings. The predicted molar refractivity (Wildman–Crippen MR) is 155 cm³/mol. The Kier molecular flexibility index (Phi) is 10.3. The first-order chi connectivity index (χ1) is 19.6. The van der Waals surface area contributed by atoms with E-state index >= 15 is 0 Å². The number of carboxylic acids is 1. The minimum absolute atomic E-state index is 0.230. The molecule has 3 aromatic rings. The van der Waals surface area contributed by atoms with Gasteiger partial charge in [0.25, 0.3) is 5.91 Å². The van der Waals surface area contributed by atoms with E-state index in [2.05, 4.69) is 34.0 Å². The summed E-state index contributed by atoms with van der Waals surface area (Å²) < 4.78 is 6.54. The van der Waals surface area contributed by atoms with Gasteiger partial charge in [-0.2, -0.15) is 0 Å². The van der Waals surface area contributed by atoms with Crippen LogP contribution in [-0.2, 0) is 16.1 Å². The number of halogens is 1. The molecule has 2 aromatic heterocycles. The van der Waals surface area contributed by atoms with E-state index in [-0.39, 0.29) is 35.2 Å². The summed E-state index contributed by atoms with van der Waals surface area (Å²) in [5, 5.41) is 12.6. The number of pyridine rings is 1. The van der Waals surface area contributed by atoms with Crippen LogP contribution >= 0.6 is 11.6 Å². The second kappa shape index (κ2) is 13.9. The van der Waals surface area contributed by atoms with Gasteiger partial charge in [0.05, 0.1) is 29.3 Å². The highest BCUT2D eigenvalue weighted by molar-refractivity contribution is 6.30. The van der Waals surface area contributed by atoms with Gasteiger partial charge in [0, 0.05) is 31.4 Å². The van der Waals surface area contributed by atoms with Crippen LogP contribution in [0.2, 0.25) is 5.02 Å². The normalized spacial score (nSPS) is 16.4. The number of amides is 2. The van der Waals surface area contributed by atoms with Crippen LogP contribution in [0.1, 0.15) is 47.7 Å². The van der Waals surface area contributed by atoms with E-state index in [0.29, 0.717) is 48.9 Å². The first-order valence-electron chi connectivity index (χ1n) is 13.6. The van der Waals surface area contributed by atoms with Crippen molar-refractivity contribution in [2.45, 2.75) is 45.3 Å². The number of carbonyl (C=O) groups is 3. The molecule has 0 spiro atoms. The van der Waals surface area contributed by atoms with Crippen LogP contribution in [0.15, 0.2) is 36.5 Å². The van der Waals surface area contributed by atoms with Gasteiger partial charge in [0.2, 0.25) is 11.7 Å². The van der Waals surface area contributed by atoms with Crippen molar-refractivity contribution in [3.63, 3.8) is 0 Å². The van der Waals surface area contributed by atoms with Gasteiger partial charge < -0.3 is 35.3 Å². The summed E-state index contributed by atoms with van der Waals surface area (Å²) in [6.45, 7) is 8.32. The molecule has 0 bridgehead atoms. The van der Waals surface area contributed by atoms with Gasteiger partial charge >= 0.3 is 5.97 Å². The van der Waals surface area contributed by atoms with Crippen molar-refractivity contribution >= 4 is 46.2 Å². The number of benzene rings is 1.